The molecule has 4 heteroatoms. The molecular formula is C11H16FNO2. The number of methoxy groups -OCH3 is 1. The molecule has 0 aromatic heterocycles. The maximum atomic E-state index is 13.4. The molecule has 0 aliphatic rings. The first kappa shape index (κ1) is 11.9. The van der Waals surface area contributed by atoms with Crippen LogP contribution < -0.4 is 10.1 Å². The van der Waals surface area contributed by atoms with E-state index in [9.17, 15) is 4.39 Å². The number of hydrogen-bond donors (Lipinski definition) is 1. The van der Waals surface area contributed by atoms with E-state index in [4.69, 9.17) is 9.47 Å². The first-order valence-corrected chi connectivity index (χ1v) is 4.83. The minimum atomic E-state index is -0.334. The number of para-hydroxylation sites is 1. The second-order valence-corrected chi connectivity index (χ2v) is 3.10. The summed E-state index contributed by atoms with van der Waals surface area (Å²) >= 11 is 0. The van der Waals surface area contributed by atoms with Crippen molar-refractivity contribution < 1.29 is 13.9 Å². The third-order valence-corrected chi connectivity index (χ3v) is 1.95. The molecule has 0 radical (unpaired) electrons. The molecule has 0 unspecified atom stereocenters. The lowest BCUT2D eigenvalue weighted by molar-refractivity contribution is 0.143. The van der Waals surface area contributed by atoms with Crippen molar-refractivity contribution in [3.63, 3.8) is 0 Å². The third-order valence-electron chi connectivity index (χ3n) is 1.95. The second kappa shape index (κ2) is 6.37. The van der Waals surface area contributed by atoms with Crippen molar-refractivity contribution in [1.29, 1.82) is 0 Å². The van der Waals surface area contributed by atoms with Gasteiger partial charge in [-0.05, 0) is 13.1 Å². The zero-order valence-corrected chi connectivity index (χ0v) is 9.05. The zero-order chi connectivity index (χ0) is 11.1. The van der Waals surface area contributed by atoms with Gasteiger partial charge in [-0.15, -0.1) is 0 Å². The molecule has 0 saturated carbocycles. The minimum Gasteiger partial charge on any atom is -0.488 e. The quantitative estimate of drug-likeness (QED) is 0.728. The molecule has 1 aromatic rings. The fourth-order valence-corrected chi connectivity index (χ4v) is 1.27. The number of halogens is 1. The molecule has 15 heavy (non-hydrogen) atoms. The standard InChI is InChI=1S/C11H16FNO2/c1-13-8-9-4-3-5-10(12)11(9)15-7-6-14-2/h3-5,13H,6-8H2,1-2H3. The predicted molar refractivity (Wildman–Crippen MR) is 56.5 cm³/mol. The summed E-state index contributed by atoms with van der Waals surface area (Å²) in [5.74, 6) is -0.0252. The van der Waals surface area contributed by atoms with E-state index in [1.807, 2.05) is 13.1 Å². The van der Waals surface area contributed by atoms with E-state index < -0.39 is 0 Å². The summed E-state index contributed by atoms with van der Waals surface area (Å²) in [4.78, 5) is 0. The van der Waals surface area contributed by atoms with Crippen molar-refractivity contribution in [1.82, 2.24) is 5.32 Å². The molecule has 0 aliphatic heterocycles. The van der Waals surface area contributed by atoms with Gasteiger partial charge in [-0.3, -0.25) is 0 Å². The molecule has 1 N–H and O–H groups in total. The highest BCUT2D eigenvalue weighted by Gasteiger charge is 2.08. The summed E-state index contributed by atoms with van der Waals surface area (Å²) in [7, 11) is 3.39. The van der Waals surface area contributed by atoms with Crippen LogP contribution in [0.25, 0.3) is 0 Å². The first-order valence-electron chi connectivity index (χ1n) is 4.83. The molecule has 0 atom stereocenters. The smallest absolute Gasteiger partial charge is 0.165 e. The van der Waals surface area contributed by atoms with E-state index in [1.54, 1.807) is 13.2 Å². The molecule has 0 spiro atoms. The third kappa shape index (κ3) is 3.49. The van der Waals surface area contributed by atoms with Crippen LogP contribution in [0.3, 0.4) is 0 Å². The summed E-state index contributed by atoms with van der Waals surface area (Å²) in [5, 5.41) is 2.96. The molecule has 84 valence electrons. The minimum absolute atomic E-state index is 0.309. The number of benzene rings is 1. The molecule has 0 amide bonds. The van der Waals surface area contributed by atoms with Crippen LogP contribution >= 0.6 is 0 Å². The highest BCUT2D eigenvalue weighted by Crippen LogP contribution is 2.22. The lowest BCUT2D eigenvalue weighted by Crippen LogP contribution is -2.11. The summed E-state index contributed by atoms with van der Waals surface area (Å²) in [6, 6.07) is 4.90. The SMILES string of the molecule is CNCc1cccc(F)c1OCCOC. The Labute approximate surface area is 89.2 Å². The molecule has 1 rings (SSSR count). The molecule has 0 fully saturated rings. The zero-order valence-electron chi connectivity index (χ0n) is 9.05. The Morgan fingerprint density at radius 2 is 2.13 bits per heavy atom. The molecule has 0 aliphatic carbocycles. The molecule has 0 bridgehead atoms. The number of nitrogens with one attached hydrogen (secondary N) is 1. The molecular weight excluding hydrogens is 197 g/mol. The van der Waals surface area contributed by atoms with Crippen molar-refractivity contribution in [3.8, 4) is 5.75 Å². The molecule has 0 saturated heterocycles. The van der Waals surface area contributed by atoms with Crippen molar-refractivity contribution in [2.24, 2.45) is 0 Å². The van der Waals surface area contributed by atoms with E-state index in [0.29, 0.717) is 25.5 Å². The number of ether oxygens (including phenoxy) is 2. The van der Waals surface area contributed by atoms with Gasteiger partial charge in [-0.1, -0.05) is 12.1 Å². The van der Waals surface area contributed by atoms with E-state index in [1.165, 1.54) is 6.07 Å². The fourth-order valence-electron chi connectivity index (χ4n) is 1.27. The van der Waals surface area contributed by atoms with Crippen LogP contribution in [-0.4, -0.2) is 27.4 Å². The highest BCUT2D eigenvalue weighted by atomic mass is 19.1. The van der Waals surface area contributed by atoms with Crippen molar-refractivity contribution in [2.45, 2.75) is 6.54 Å². The summed E-state index contributed by atoms with van der Waals surface area (Å²) in [6.45, 7) is 1.39. The van der Waals surface area contributed by atoms with Gasteiger partial charge < -0.3 is 14.8 Å². The van der Waals surface area contributed by atoms with Gasteiger partial charge in [-0.25, -0.2) is 4.39 Å². The van der Waals surface area contributed by atoms with Gasteiger partial charge in [0.25, 0.3) is 0 Å². The highest BCUT2D eigenvalue weighted by molar-refractivity contribution is 5.34. The molecule has 1 aromatic carbocycles. The van der Waals surface area contributed by atoms with Gasteiger partial charge in [0.2, 0.25) is 0 Å². The summed E-state index contributed by atoms with van der Waals surface area (Å²) < 4.78 is 23.6. The Balaban J connectivity index is 2.72. The van der Waals surface area contributed by atoms with E-state index in [2.05, 4.69) is 5.32 Å². The maximum Gasteiger partial charge on any atom is 0.165 e. The maximum absolute atomic E-state index is 13.4. The number of rotatable bonds is 6. The fraction of sp³-hybridized carbons (Fsp3) is 0.455. The molecule has 3 nitrogen and oxygen atoms in total. The monoisotopic (exact) mass is 213 g/mol. The Kier molecular flexibility index (Phi) is 5.07. The Bertz CT molecular complexity index is 305. The van der Waals surface area contributed by atoms with E-state index >= 15 is 0 Å². The lowest BCUT2D eigenvalue weighted by atomic mass is 10.2. The summed E-state index contributed by atoms with van der Waals surface area (Å²) in [5.41, 5.74) is 0.814. The van der Waals surface area contributed by atoms with Gasteiger partial charge in [-0.2, -0.15) is 0 Å². The normalized spacial score (nSPS) is 10.3. The largest absolute Gasteiger partial charge is 0.488 e. The van der Waals surface area contributed by atoms with Crippen molar-refractivity contribution in [2.75, 3.05) is 27.4 Å². The van der Waals surface area contributed by atoms with Crippen LogP contribution in [0, 0.1) is 5.82 Å². The van der Waals surface area contributed by atoms with Crippen LogP contribution in [0.1, 0.15) is 5.56 Å². The predicted octanol–water partition coefficient (Wildman–Crippen LogP) is 1.57. The van der Waals surface area contributed by atoms with Crippen LogP contribution in [0.2, 0.25) is 0 Å². The topological polar surface area (TPSA) is 30.5 Å². The van der Waals surface area contributed by atoms with Crippen LogP contribution in [0.15, 0.2) is 18.2 Å². The molecule has 0 heterocycles. The Hall–Kier alpha value is -1.13. The first-order chi connectivity index (χ1) is 7.29. The lowest BCUT2D eigenvalue weighted by Gasteiger charge is -2.11. The second-order valence-electron chi connectivity index (χ2n) is 3.10. The van der Waals surface area contributed by atoms with Gasteiger partial charge in [0.1, 0.15) is 6.61 Å². The Morgan fingerprint density at radius 1 is 1.33 bits per heavy atom. The van der Waals surface area contributed by atoms with Gasteiger partial charge >= 0.3 is 0 Å². The van der Waals surface area contributed by atoms with Crippen LogP contribution in [-0.2, 0) is 11.3 Å². The van der Waals surface area contributed by atoms with Crippen LogP contribution in [0.4, 0.5) is 4.39 Å². The van der Waals surface area contributed by atoms with E-state index in [0.717, 1.165) is 5.56 Å². The van der Waals surface area contributed by atoms with Crippen LogP contribution in [0.5, 0.6) is 5.75 Å². The summed E-state index contributed by atoms with van der Waals surface area (Å²) in [6.07, 6.45) is 0. The van der Waals surface area contributed by atoms with Crippen molar-refractivity contribution in [3.05, 3.63) is 29.6 Å². The van der Waals surface area contributed by atoms with E-state index in [-0.39, 0.29) is 5.82 Å². The van der Waals surface area contributed by atoms with Crippen molar-refractivity contribution >= 4 is 0 Å². The average Bonchev–Trinajstić information content (AvgIpc) is 2.23. The Morgan fingerprint density at radius 3 is 2.80 bits per heavy atom. The number of hydrogen-bond acceptors (Lipinski definition) is 3. The van der Waals surface area contributed by atoms with Gasteiger partial charge in [0, 0.05) is 19.2 Å². The average molecular weight is 213 g/mol. The van der Waals surface area contributed by atoms with Gasteiger partial charge in [0.15, 0.2) is 11.6 Å². The van der Waals surface area contributed by atoms with Gasteiger partial charge in [0.05, 0.1) is 6.61 Å².